The number of hydrogen-bond donors (Lipinski definition) is 1. The molecule has 0 aromatic carbocycles. The highest BCUT2D eigenvalue weighted by atomic mass is 17.3. The summed E-state index contributed by atoms with van der Waals surface area (Å²) in [6, 6.07) is 0. The average Bonchev–Trinajstić information content (AvgIpc) is 1.61. The van der Waals surface area contributed by atoms with Gasteiger partial charge in [0.05, 0.1) is 0 Å². The van der Waals surface area contributed by atoms with E-state index in [9.17, 15) is 4.79 Å². The SMILES string of the molecule is NC(=O)OO[N+](=O)[O-]. The predicted molar refractivity (Wildman–Crippen MR) is 18.7 cm³/mol. The summed E-state index contributed by atoms with van der Waals surface area (Å²) in [6.07, 6.45) is -1.36. The summed E-state index contributed by atoms with van der Waals surface area (Å²) < 4.78 is 0. The maximum absolute atomic E-state index is 9.47. The van der Waals surface area contributed by atoms with Crippen molar-refractivity contribution in [2.75, 3.05) is 0 Å². The topological polar surface area (TPSA) is 105 Å². The van der Waals surface area contributed by atoms with Crippen LogP contribution >= 0.6 is 0 Å². The number of carbonyl (C=O) groups excluding carboxylic acids is 1. The molecule has 0 saturated heterocycles. The molecular formula is CH2N2O5. The molecule has 46 valence electrons. The Kier molecular flexibility index (Phi) is 2.11. The Morgan fingerprint density at radius 2 is 2.25 bits per heavy atom. The van der Waals surface area contributed by atoms with Crippen LogP contribution in [0.25, 0.3) is 0 Å². The fourth-order valence-corrected chi connectivity index (χ4v) is 0.0672. The van der Waals surface area contributed by atoms with Crippen LogP contribution in [0.3, 0.4) is 0 Å². The first-order valence-electron chi connectivity index (χ1n) is 1.41. The molecule has 0 radical (unpaired) electrons. The lowest BCUT2D eigenvalue weighted by atomic mass is 11.3. The zero-order valence-corrected chi connectivity index (χ0v) is 3.57. The van der Waals surface area contributed by atoms with Crippen LogP contribution in [0.5, 0.6) is 0 Å². The Bertz CT molecular complexity index is 95.0. The number of amides is 1. The van der Waals surface area contributed by atoms with Crippen LogP contribution in [-0.4, -0.2) is 11.2 Å². The van der Waals surface area contributed by atoms with Crippen LogP contribution in [0.2, 0.25) is 0 Å². The third-order valence-electron chi connectivity index (χ3n) is 0.180. The van der Waals surface area contributed by atoms with E-state index in [1.165, 1.54) is 0 Å². The van der Waals surface area contributed by atoms with Crippen LogP contribution in [-0.2, 0) is 9.88 Å². The average molecular weight is 122 g/mol. The molecule has 0 aromatic heterocycles. The van der Waals surface area contributed by atoms with Gasteiger partial charge in [-0.05, 0) is 0 Å². The second-order valence-electron chi connectivity index (χ2n) is 0.701. The van der Waals surface area contributed by atoms with Crippen molar-refractivity contribution in [3.05, 3.63) is 10.1 Å². The van der Waals surface area contributed by atoms with E-state index in [1.54, 1.807) is 0 Å². The van der Waals surface area contributed by atoms with Gasteiger partial charge >= 0.3 is 11.2 Å². The van der Waals surface area contributed by atoms with Gasteiger partial charge in [-0.25, -0.2) is 9.68 Å². The van der Waals surface area contributed by atoms with E-state index in [-0.39, 0.29) is 0 Å². The van der Waals surface area contributed by atoms with Crippen LogP contribution in [0.15, 0.2) is 0 Å². The van der Waals surface area contributed by atoms with E-state index in [0.29, 0.717) is 0 Å². The molecule has 0 atom stereocenters. The first-order chi connectivity index (χ1) is 3.63. The smallest absolute Gasteiger partial charge is 0.333 e. The van der Waals surface area contributed by atoms with Gasteiger partial charge in [0.15, 0.2) is 0 Å². The van der Waals surface area contributed by atoms with Crippen LogP contribution < -0.4 is 5.73 Å². The van der Waals surface area contributed by atoms with Crippen molar-refractivity contribution in [3.8, 4) is 0 Å². The lowest BCUT2D eigenvalue weighted by Crippen LogP contribution is -2.15. The monoisotopic (exact) mass is 122 g/mol. The molecule has 0 rings (SSSR count). The van der Waals surface area contributed by atoms with Crippen molar-refractivity contribution < 1.29 is 19.8 Å². The maximum atomic E-state index is 9.47. The summed E-state index contributed by atoms with van der Waals surface area (Å²) in [6.45, 7) is 0. The van der Waals surface area contributed by atoms with Crippen molar-refractivity contribution in [3.63, 3.8) is 0 Å². The van der Waals surface area contributed by atoms with Gasteiger partial charge in [-0.2, -0.15) is 0 Å². The number of nitrogens with two attached hydrogens (primary N) is 1. The van der Waals surface area contributed by atoms with Crippen molar-refractivity contribution >= 4 is 6.09 Å². The predicted octanol–water partition coefficient (Wildman–Crippen LogP) is -0.795. The molecule has 0 spiro atoms. The highest BCUT2D eigenvalue weighted by Crippen LogP contribution is 1.75. The minimum atomic E-state index is -1.36. The van der Waals surface area contributed by atoms with E-state index < -0.39 is 11.2 Å². The van der Waals surface area contributed by atoms with Crippen molar-refractivity contribution in [1.82, 2.24) is 0 Å². The third-order valence-corrected chi connectivity index (χ3v) is 0.180. The van der Waals surface area contributed by atoms with Gasteiger partial charge in [0.2, 0.25) is 0 Å². The first kappa shape index (κ1) is 6.47. The summed E-state index contributed by atoms with van der Waals surface area (Å²) in [5.41, 5.74) is 4.25. The minimum absolute atomic E-state index is 1.30. The number of carbonyl (C=O) groups is 1. The Morgan fingerprint density at radius 1 is 1.75 bits per heavy atom. The molecule has 2 N–H and O–H groups in total. The van der Waals surface area contributed by atoms with Gasteiger partial charge in [0.1, 0.15) is 0 Å². The highest BCUT2D eigenvalue weighted by molar-refractivity contribution is 5.63. The van der Waals surface area contributed by atoms with Crippen LogP contribution in [0, 0.1) is 10.1 Å². The standard InChI is InChI=1S/CH2N2O5/c2-1(4)7-8-3(5)6/h(H2,2,4). The molecule has 0 saturated carbocycles. The van der Waals surface area contributed by atoms with Crippen molar-refractivity contribution in [2.45, 2.75) is 0 Å². The fourth-order valence-electron chi connectivity index (χ4n) is 0.0672. The van der Waals surface area contributed by atoms with Crippen molar-refractivity contribution in [2.24, 2.45) is 5.73 Å². The molecular weight excluding hydrogens is 120 g/mol. The van der Waals surface area contributed by atoms with E-state index in [1.807, 2.05) is 0 Å². The van der Waals surface area contributed by atoms with Gasteiger partial charge in [0, 0.05) is 0 Å². The van der Waals surface area contributed by atoms with Gasteiger partial charge < -0.3 is 5.73 Å². The summed E-state index contributed by atoms with van der Waals surface area (Å²) in [7, 11) is 0. The lowest BCUT2D eigenvalue weighted by Gasteiger charge is -1.89. The van der Waals surface area contributed by atoms with Gasteiger partial charge in [-0.1, -0.05) is 4.99 Å². The van der Waals surface area contributed by atoms with Crippen LogP contribution in [0.1, 0.15) is 0 Å². The largest absolute Gasteiger partial charge is 0.437 e. The van der Waals surface area contributed by atoms with E-state index in [0.717, 1.165) is 0 Å². The third kappa shape index (κ3) is 4.47. The molecule has 8 heavy (non-hydrogen) atoms. The molecule has 7 nitrogen and oxygen atoms in total. The van der Waals surface area contributed by atoms with E-state index in [2.05, 4.69) is 15.6 Å². The summed E-state index contributed by atoms with van der Waals surface area (Å²) in [5, 5.41) is 7.85. The summed E-state index contributed by atoms with van der Waals surface area (Å²) in [4.78, 5) is 24.9. The molecule has 0 aliphatic carbocycles. The molecule has 0 aliphatic rings. The molecule has 0 aliphatic heterocycles. The molecule has 0 bridgehead atoms. The second kappa shape index (κ2) is 2.61. The Morgan fingerprint density at radius 3 is 2.38 bits per heavy atom. The second-order valence-corrected chi connectivity index (χ2v) is 0.701. The lowest BCUT2D eigenvalue weighted by molar-refractivity contribution is -0.839. The van der Waals surface area contributed by atoms with Gasteiger partial charge in [-0.3, -0.25) is 0 Å². The van der Waals surface area contributed by atoms with E-state index >= 15 is 0 Å². The summed E-state index contributed by atoms with van der Waals surface area (Å²) >= 11 is 0. The van der Waals surface area contributed by atoms with Gasteiger partial charge in [0.25, 0.3) is 0 Å². The minimum Gasteiger partial charge on any atom is -0.333 e. The van der Waals surface area contributed by atoms with E-state index in [4.69, 9.17) is 10.1 Å². The molecule has 1 amide bonds. The highest BCUT2D eigenvalue weighted by Gasteiger charge is 1.97. The summed E-state index contributed by atoms with van der Waals surface area (Å²) in [5.74, 6) is 0. The molecule has 7 heteroatoms. The number of primary amides is 1. The molecule has 0 unspecified atom stereocenters. The fraction of sp³-hybridized carbons (Fsp3) is 0. The first-order valence-corrected chi connectivity index (χ1v) is 1.41. The zero-order chi connectivity index (χ0) is 6.57. The van der Waals surface area contributed by atoms with Gasteiger partial charge in [-0.15, -0.1) is 10.1 Å². The Hall–Kier alpha value is -1.53. The number of hydrogen-bond acceptors (Lipinski definition) is 5. The Labute approximate surface area is 43.0 Å². The van der Waals surface area contributed by atoms with Crippen molar-refractivity contribution in [1.29, 1.82) is 0 Å². The van der Waals surface area contributed by atoms with Crippen LogP contribution in [0.4, 0.5) is 4.79 Å². The molecule has 0 heterocycles. The zero-order valence-electron chi connectivity index (χ0n) is 3.57. The number of rotatable bonds is 2. The Balaban J connectivity index is 3.18. The number of nitrogens with zero attached hydrogens (tertiary/aromatic N) is 1. The maximum Gasteiger partial charge on any atom is 0.437 e. The molecule has 0 aromatic rings. The normalized spacial score (nSPS) is 7.50. The quantitative estimate of drug-likeness (QED) is 0.293. The molecule has 0 fully saturated rings.